The van der Waals surface area contributed by atoms with E-state index in [1.807, 2.05) is 0 Å². The van der Waals surface area contributed by atoms with Crippen molar-refractivity contribution in [2.75, 3.05) is 5.32 Å². The quantitative estimate of drug-likeness (QED) is 0.629. The van der Waals surface area contributed by atoms with Gasteiger partial charge in [-0.25, -0.2) is 4.39 Å². The van der Waals surface area contributed by atoms with Crippen LogP contribution in [-0.2, 0) is 17.9 Å². The summed E-state index contributed by atoms with van der Waals surface area (Å²) in [5.74, 6) is -1.51. The lowest BCUT2D eigenvalue weighted by atomic mass is 10.2. The van der Waals surface area contributed by atoms with E-state index in [1.54, 1.807) is 19.1 Å². The van der Waals surface area contributed by atoms with Crippen molar-refractivity contribution < 1.29 is 19.1 Å². The molecule has 0 bridgehead atoms. The fourth-order valence-electron chi connectivity index (χ4n) is 2.57. The zero-order valence-corrected chi connectivity index (χ0v) is 15.6. The molecule has 2 N–H and O–H groups in total. The summed E-state index contributed by atoms with van der Waals surface area (Å²) < 4.78 is 16.9. The number of nitrogens with zero attached hydrogens (tertiary/aromatic N) is 4. The molecule has 10 heteroatoms. The highest BCUT2D eigenvalue weighted by molar-refractivity contribution is 6.31. The molecular formula is C18H17ClFN5O3. The van der Waals surface area contributed by atoms with Crippen molar-refractivity contribution in [1.29, 1.82) is 0 Å². The molecule has 28 heavy (non-hydrogen) atoms. The minimum atomic E-state index is -0.947. The van der Waals surface area contributed by atoms with Gasteiger partial charge in [0, 0.05) is 28.5 Å². The van der Waals surface area contributed by atoms with Gasteiger partial charge >= 0.3 is 5.97 Å². The first kappa shape index (κ1) is 19.6. The monoisotopic (exact) mass is 405 g/mol. The normalized spacial score (nSPS) is 10.8. The zero-order valence-electron chi connectivity index (χ0n) is 14.9. The fraction of sp³-hybridized carbons (Fsp3) is 0.222. The number of anilines is 1. The number of hydrogen-bond acceptors (Lipinski definition) is 4. The molecule has 0 spiro atoms. The molecule has 0 radical (unpaired) electrons. The first-order valence-corrected chi connectivity index (χ1v) is 8.74. The third-order valence-electron chi connectivity index (χ3n) is 4.04. The lowest BCUT2D eigenvalue weighted by Crippen LogP contribution is -2.13. The Labute approximate surface area is 164 Å². The van der Waals surface area contributed by atoms with Crippen LogP contribution >= 0.6 is 11.6 Å². The lowest BCUT2D eigenvalue weighted by molar-refractivity contribution is -0.137. The minimum Gasteiger partial charge on any atom is -0.481 e. The Bertz CT molecular complexity index is 1010. The van der Waals surface area contributed by atoms with E-state index >= 15 is 0 Å². The summed E-state index contributed by atoms with van der Waals surface area (Å²) in [7, 11) is 0. The van der Waals surface area contributed by atoms with E-state index in [-0.39, 0.29) is 25.1 Å². The Morgan fingerprint density at radius 2 is 2.14 bits per heavy atom. The predicted molar refractivity (Wildman–Crippen MR) is 99.9 cm³/mol. The van der Waals surface area contributed by atoms with Crippen molar-refractivity contribution in [3.8, 4) is 0 Å². The van der Waals surface area contributed by atoms with E-state index in [4.69, 9.17) is 16.7 Å². The van der Waals surface area contributed by atoms with Gasteiger partial charge in [-0.15, -0.1) is 0 Å². The average Bonchev–Trinajstić information content (AvgIpc) is 3.23. The molecule has 0 fully saturated rings. The third kappa shape index (κ3) is 4.55. The number of rotatable bonds is 7. The van der Waals surface area contributed by atoms with Gasteiger partial charge in [0.05, 0.1) is 31.3 Å². The Kier molecular flexibility index (Phi) is 5.74. The number of carboxylic acids is 1. The molecule has 0 atom stereocenters. The molecule has 0 saturated carbocycles. The number of carboxylic acid groups (broad SMARTS) is 1. The second-order valence-electron chi connectivity index (χ2n) is 6.12. The van der Waals surface area contributed by atoms with Gasteiger partial charge in [-0.1, -0.05) is 17.7 Å². The zero-order chi connectivity index (χ0) is 20.3. The van der Waals surface area contributed by atoms with Crippen LogP contribution < -0.4 is 5.32 Å². The molecule has 0 aliphatic heterocycles. The van der Waals surface area contributed by atoms with Crippen LogP contribution in [0.25, 0.3) is 0 Å². The van der Waals surface area contributed by atoms with Crippen LogP contribution in [0.5, 0.6) is 0 Å². The highest BCUT2D eigenvalue weighted by atomic mass is 35.5. The van der Waals surface area contributed by atoms with Crippen LogP contribution in [0.15, 0.2) is 36.7 Å². The van der Waals surface area contributed by atoms with E-state index < -0.39 is 17.7 Å². The van der Waals surface area contributed by atoms with Crippen molar-refractivity contribution in [3.63, 3.8) is 0 Å². The molecule has 146 valence electrons. The van der Waals surface area contributed by atoms with Crippen LogP contribution in [0.2, 0.25) is 5.02 Å². The first-order valence-electron chi connectivity index (χ1n) is 8.36. The Morgan fingerprint density at radius 1 is 1.36 bits per heavy atom. The second kappa shape index (κ2) is 8.22. The number of carbonyl (C=O) groups excluding carboxylic acids is 1. The van der Waals surface area contributed by atoms with Crippen LogP contribution in [0.1, 0.15) is 28.0 Å². The number of hydrogen-bond donors (Lipinski definition) is 2. The van der Waals surface area contributed by atoms with Crippen LogP contribution in [0, 0.1) is 12.7 Å². The molecule has 0 aliphatic rings. The topological polar surface area (TPSA) is 102 Å². The van der Waals surface area contributed by atoms with Gasteiger partial charge in [-0.05, 0) is 19.1 Å². The minimum absolute atomic E-state index is 0.0923. The molecule has 0 aliphatic carbocycles. The largest absolute Gasteiger partial charge is 0.481 e. The summed E-state index contributed by atoms with van der Waals surface area (Å²) in [6, 6.07) is 6.11. The molecule has 8 nitrogen and oxygen atoms in total. The van der Waals surface area contributed by atoms with E-state index in [9.17, 15) is 14.0 Å². The molecule has 0 unspecified atom stereocenters. The van der Waals surface area contributed by atoms with Gasteiger partial charge < -0.3 is 10.4 Å². The summed E-state index contributed by atoms with van der Waals surface area (Å²) in [5.41, 5.74) is 1.30. The number of carbonyl (C=O) groups is 2. The first-order chi connectivity index (χ1) is 13.3. The highest BCUT2D eigenvalue weighted by Crippen LogP contribution is 2.21. The van der Waals surface area contributed by atoms with Gasteiger partial charge in [0.15, 0.2) is 5.82 Å². The number of halogens is 2. The fourth-order valence-corrected chi connectivity index (χ4v) is 2.79. The molecule has 3 rings (SSSR count). The van der Waals surface area contributed by atoms with E-state index in [0.29, 0.717) is 22.1 Å². The number of nitrogens with one attached hydrogen (secondary N) is 1. The van der Waals surface area contributed by atoms with Crippen molar-refractivity contribution in [3.05, 3.63) is 64.3 Å². The molecule has 1 aromatic carbocycles. The van der Waals surface area contributed by atoms with Gasteiger partial charge in [0.2, 0.25) is 0 Å². The maximum atomic E-state index is 14.0. The van der Waals surface area contributed by atoms with Gasteiger partial charge in [-0.3, -0.25) is 19.0 Å². The molecule has 2 aromatic heterocycles. The van der Waals surface area contributed by atoms with E-state index in [2.05, 4.69) is 15.5 Å². The number of aliphatic carboxylic acids is 1. The number of aromatic nitrogens is 4. The van der Waals surface area contributed by atoms with Crippen LogP contribution in [0.3, 0.4) is 0 Å². The number of benzene rings is 1. The van der Waals surface area contributed by atoms with Gasteiger partial charge in [0.25, 0.3) is 5.91 Å². The Balaban J connectivity index is 1.69. The molecule has 3 aromatic rings. The SMILES string of the molecule is Cc1cc(NC(=O)c2cnn(CCC(=O)O)c2)nn1Cc1c(F)cccc1Cl. The maximum absolute atomic E-state index is 14.0. The summed E-state index contributed by atoms with van der Waals surface area (Å²) >= 11 is 6.05. The highest BCUT2D eigenvalue weighted by Gasteiger charge is 2.14. The predicted octanol–water partition coefficient (Wildman–Crippen LogP) is 2.96. The van der Waals surface area contributed by atoms with Crippen molar-refractivity contribution >= 4 is 29.3 Å². The standard InChI is InChI=1S/C18H17ClFN5O3/c1-11-7-16(23-25(11)10-13-14(19)3-2-4-15(13)20)22-18(28)12-8-21-24(9-12)6-5-17(26)27/h2-4,7-9H,5-6,10H2,1H3,(H,26,27)(H,22,23,28). The summed E-state index contributed by atoms with van der Waals surface area (Å²) in [6.45, 7) is 2.07. The molecule has 0 saturated heterocycles. The van der Waals surface area contributed by atoms with E-state index in [1.165, 1.54) is 33.9 Å². The van der Waals surface area contributed by atoms with E-state index in [0.717, 1.165) is 0 Å². The Morgan fingerprint density at radius 3 is 2.86 bits per heavy atom. The van der Waals surface area contributed by atoms with Gasteiger partial charge in [-0.2, -0.15) is 10.2 Å². The summed E-state index contributed by atoms with van der Waals surface area (Å²) in [6.07, 6.45) is 2.71. The smallest absolute Gasteiger partial charge is 0.305 e. The molecule has 1 amide bonds. The van der Waals surface area contributed by atoms with Crippen molar-refractivity contribution in [2.45, 2.75) is 26.4 Å². The second-order valence-corrected chi connectivity index (χ2v) is 6.53. The van der Waals surface area contributed by atoms with Crippen molar-refractivity contribution in [1.82, 2.24) is 19.6 Å². The summed E-state index contributed by atoms with van der Waals surface area (Å²) in [4.78, 5) is 22.9. The average molecular weight is 406 g/mol. The number of aryl methyl sites for hydroxylation is 2. The van der Waals surface area contributed by atoms with Crippen LogP contribution in [0.4, 0.5) is 10.2 Å². The third-order valence-corrected chi connectivity index (χ3v) is 4.40. The Hall–Kier alpha value is -3.20. The molecular weight excluding hydrogens is 389 g/mol. The lowest BCUT2D eigenvalue weighted by Gasteiger charge is -2.07. The van der Waals surface area contributed by atoms with Crippen molar-refractivity contribution in [2.24, 2.45) is 0 Å². The maximum Gasteiger partial charge on any atom is 0.305 e. The number of amides is 1. The van der Waals surface area contributed by atoms with Gasteiger partial charge in [0.1, 0.15) is 5.82 Å². The molecule has 2 heterocycles. The van der Waals surface area contributed by atoms with Crippen LogP contribution in [-0.4, -0.2) is 36.5 Å². The summed E-state index contributed by atoms with van der Waals surface area (Å²) in [5, 5.41) is 19.9.